The molecule has 1 N–H and O–H groups in total. The molecule has 2 bridgehead atoms. The van der Waals surface area contributed by atoms with Crippen molar-refractivity contribution in [2.24, 2.45) is 0 Å². The van der Waals surface area contributed by atoms with Crippen molar-refractivity contribution >= 4 is 16.8 Å². The highest BCUT2D eigenvalue weighted by molar-refractivity contribution is 7.73. The summed E-state index contributed by atoms with van der Waals surface area (Å²) in [6.45, 7) is 0. The van der Waals surface area contributed by atoms with Crippen LogP contribution in [0.4, 0.5) is 4.79 Å². The van der Waals surface area contributed by atoms with E-state index in [0.717, 1.165) is 12.8 Å². The number of fused-ring (bicyclic) bond motifs is 2. The highest BCUT2D eigenvalue weighted by Gasteiger charge is 2.44. The first kappa shape index (κ1) is 9.76. The van der Waals surface area contributed by atoms with Gasteiger partial charge in [-0.25, -0.2) is 13.2 Å². The quantitative estimate of drug-likeness (QED) is 0.621. The summed E-state index contributed by atoms with van der Waals surface area (Å²) in [4.78, 5) is 12.3. The van der Waals surface area contributed by atoms with Crippen LogP contribution in [0.3, 0.4) is 0 Å². The highest BCUT2D eigenvalue weighted by atomic mass is 32.2. The van der Waals surface area contributed by atoms with Crippen LogP contribution < -0.4 is 0 Å². The summed E-state index contributed by atoms with van der Waals surface area (Å²) in [5.41, 5.74) is 0. The van der Waals surface area contributed by atoms with Crippen LogP contribution >= 0.6 is 0 Å². The van der Waals surface area contributed by atoms with Crippen LogP contribution in [0, 0.1) is 0 Å². The smallest absolute Gasteiger partial charge is 0.407 e. The molecule has 0 aromatic heterocycles. The topological polar surface area (TPSA) is 74.7 Å². The summed E-state index contributed by atoms with van der Waals surface area (Å²) in [6, 6.07) is -0.131. The maximum atomic E-state index is 10.9. The molecule has 0 aliphatic carbocycles. The van der Waals surface area contributed by atoms with Crippen molar-refractivity contribution in [3.05, 3.63) is 0 Å². The van der Waals surface area contributed by atoms with Gasteiger partial charge >= 0.3 is 6.09 Å². The maximum absolute atomic E-state index is 10.9. The average molecular weight is 219 g/mol. The standard InChI is InChI=1S/C8H13NO4S/c10-8(11)9-5-1-2-6(9)4-7(3-5)14(12)13/h5-7,14H,1-4H2,(H,10,11). The van der Waals surface area contributed by atoms with Gasteiger partial charge in [-0.3, -0.25) is 0 Å². The molecule has 2 atom stereocenters. The van der Waals surface area contributed by atoms with Crippen molar-refractivity contribution in [3.63, 3.8) is 0 Å². The van der Waals surface area contributed by atoms with Gasteiger partial charge in [-0.05, 0) is 25.7 Å². The predicted molar refractivity (Wildman–Crippen MR) is 50.0 cm³/mol. The molecule has 2 aliphatic heterocycles. The summed E-state index contributed by atoms with van der Waals surface area (Å²) < 4.78 is 21.6. The van der Waals surface area contributed by atoms with Crippen LogP contribution in [-0.4, -0.2) is 41.9 Å². The molecule has 0 aromatic rings. The molecule has 80 valence electrons. The van der Waals surface area contributed by atoms with Crippen LogP contribution in [0.25, 0.3) is 0 Å². The number of carbonyl (C=O) groups is 1. The fourth-order valence-corrected chi connectivity index (χ4v) is 3.46. The van der Waals surface area contributed by atoms with E-state index in [1.54, 1.807) is 0 Å². The lowest BCUT2D eigenvalue weighted by Crippen LogP contribution is -2.47. The van der Waals surface area contributed by atoms with Gasteiger partial charge in [0.05, 0.1) is 5.25 Å². The third-order valence-electron chi connectivity index (χ3n) is 3.23. The Morgan fingerprint density at radius 3 is 2.07 bits per heavy atom. The summed E-state index contributed by atoms with van der Waals surface area (Å²) in [7, 11) is -2.39. The van der Waals surface area contributed by atoms with Crippen LogP contribution in [0.15, 0.2) is 0 Å². The Balaban J connectivity index is 2.16. The molecule has 2 unspecified atom stereocenters. The number of nitrogens with zero attached hydrogens (tertiary/aromatic N) is 1. The molecule has 0 aromatic carbocycles. The maximum Gasteiger partial charge on any atom is 0.407 e. The van der Waals surface area contributed by atoms with Gasteiger partial charge in [0.15, 0.2) is 0 Å². The third kappa shape index (κ3) is 1.47. The van der Waals surface area contributed by atoms with Gasteiger partial charge < -0.3 is 10.0 Å². The number of piperidine rings is 1. The van der Waals surface area contributed by atoms with E-state index in [1.807, 2.05) is 0 Å². The first-order valence-corrected chi connectivity index (χ1v) is 5.99. The number of thiol groups is 1. The van der Waals surface area contributed by atoms with Gasteiger partial charge in [-0.2, -0.15) is 0 Å². The first-order valence-electron chi connectivity index (χ1n) is 4.74. The lowest BCUT2D eigenvalue weighted by molar-refractivity contribution is 0.104. The summed E-state index contributed by atoms with van der Waals surface area (Å²) >= 11 is 0. The minimum absolute atomic E-state index is 0.0656. The van der Waals surface area contributed by atoms with E-state index in [1.165, 1.54) is 4.90 Å². The first-order chi connectivity index (χ1) is 6.59. The van der Waals surface area contributed by atoms with E-state index < -0.39 is 16.8 Å². The van der Waals surface area contributed by atoms with Crippen LogP contribution in [0.2, 0.25) is 0 Å². The van der Waals surface area contributed by atoms with E-state index in [2.05, 4.69) is 0 Å². The molecule has 0 spiro atoms. The van der Waals surface area contributed by atoms with Crippen molar-refractivity contribution in [1.82, 2.24) is 4.90 Å². The molecular formula is C8H13NO4S. The Morgan fingerprint density at radius 1 is 1.21 bits per heavy atom. The molecule has 5 nitrogen and oxygen atoms in total. The fraction of sp³-hybridized carbons (Fsp3) is 0.875. The average Bonchev–Trinajstić information content (AvgIpc) is 2.37. The highest BCUT2D eigenvalue weighted by Crippen LogP contribution is 2.36. The number of carboxylic acid groups (broad SMARTS) is 1. The summed E-state index contributed by atoms with van der Waals surface area (Å²) in [6.07, 6.45) is 1.70. The van der Waals surface area contributed by atoms with Gasteiger partial charge in [-0.1, -0.05) is 0 Å². The second kappa shape index (κ2) is 3.42. The molecule has 14 heavy (non-hydrogen) atoms. The van der Waals surface area contributed by atoms with E-state index in [9.17, 15) is 13.2 Å². The van der Waals surface area contributed by atoms with Crippen molar-refractivity contribution in [2.75, 3.05) is 0 Å². The van der Waals surface area contributed by atoms with Crippen molar-refractivity contribution in [3.8, 4) is 0 Å². The zero-order valence-electron chi connectivity index (χ0n) is 7.63. The Bertz CT molecular complexity index is 305. The van der Waals surface area contributed by atoms with Crippen molar-refractivity contribution in [2.45, 2.75) is 43.0 Å². The largest absolute Gasteiger partial charge is 0.465 e. The van der Waals surface area contributed by atoms with E-state index in [4.69, 9.17) is 5.11 Å². The van der Waals surface area contributed by atoms with Gasteiger partial charge in [0.1, 0.15) is 10.7 Å². The van der Waals surface area contributed by atoms with Gasteiger partial charge in [0.25, 0.3) is 0 Å². The SMILES string of the molecule is O=C(O)N1C2CCC1CC([SH](=O)=O)C2. The number of hydrogen-bond acceptors (Lipinski definition) is 3. The Hall–Kier alpha value is -0.780. The molecule has 2 rings (SSSR count). The van der Waals surface area contributed by atoms with E-state index >= 15 is 0 Å². The lowest BCUT2D eigenvalue weighted by Gasteiger charge is -2.34. The van der Waals surface area contributed by atoms with Crippen LogP contribution in [0.1, 0.15) is 25.7 Å². The van der Waals surface area contributed by atoms with Crippen molar-refractivity contribution < 1.29 is 18.3 Å². The molecule has 2 saturated heterocycles. The monoisotopic (exact) mass is 219 g/mol. The molecular weight excluding hydrogens is 206 g/mol. The molecule has 0 saturated carbocycles. The second-order valence-electron chi connectivity index (χ2n) is 3.99. The minimum Gasteiger partial charge on any atom is -0.465 e. The Morgan fingerprint density at radius 2 is 1.71 bits per heavy atom. The second-order valence-corrected chi connectivity index (χ2v) is 5.29. The summed E-state index contributed by atoms with van der Waals surface area (Å²) in [5.74, 6) is 0. The molecule has 6 heteroatoms. The molecule has 2 fully saturated rings. The zero-order valence-corrected chi connectivity index (χ0v) is 8.52. The zero-order chi connectivity index (χ0) is 10.3. The number of rotatable bonds is 1. The van der Waals surface area contributed by atoms with Crippen molar-refractivity contribution in [1.29, 1.82) is 0 Å². The van der Waals surface area contributed by atoms with E-state index in [-0.39, 0.29) is 17.3 Å². The van der Waals surface area contributed by atoms with Gasteiger partial charge in [-0.15, -0.1) is 0 Å². The normalized spacial score (nSPS) is 36.4. The number of amides is 1. The van der Waals surface area contributed by atoms with Gasteiger partial charge in [0.2, 0.25) is 0 Å². The molecule has 1 amide bonds. The van der Waals surface area contributed by atoms with Gasteiger partial charge in [0, 0.05) is 12.1 Å². The molecule has 2 aliphatic rings. The van der Waals surface area contributed by atoms with Crippen LogP contribution in [-0.2, 0) is 10.7 Å². The summed E-state index contributed by atoms with van der Waals surface area (Å²) in [5, 5.41) is 8.61. The third-order valence-corrected chi connectivity index (χ3v) is 4.25. The fourth-order valence-electron chi connectivity index (χ4n) is 2.63. The molecule has 2 heterocycles. The number of hydrogen-bond donors (Lipinski definition) is 2. The van der Waals surface area contributed by atoms with Crippen LogP contribution in [0.5, 0.6) is 0 Å². The Labute approximate surface area is 83.7 Å². The molecule has 0 radical (unpaired) electrons. The minimum atomic E-state index is -2.39. The predicted octanol–water partition coefficient (Wildman–Crippen LogP) is 0.271. The van der Waals surface area contributed by atoms with E-state index in [0.29, 0.717) is 12.8 Å². The lowest BCUT2D eigenvalue weighted by atomic mass is 10.0. The Kier molecular flexibility index (Phi) is 2.38.